The number of hydrogen-bond acceptors (Lipinski definition) is 9. The van der Waals surface area contributed by atoms with Crippen molar-refractivity contribution >= 4 is 22.6 Å². The van der Waals surface area contributed by atoms with Gasteiger partial charge in [-0.2, -0.15) is 14.9 Å². The van der Waals surface area contributed by atoms with Crippen molar-refractivity contribution in [1.82, 2.24) is 34.3 Å². The fourth-order valence-corrected chi connectivity index (χ4v) is 5.20. The van der Waals surface area contributed by atoms with E-state index in [2.05, 4.69) is 31.3 Å². The van der Waals surface area contributed by atoms with Crippen molar-refractivity contribution in [1.29, 1.82) is 5.26 Å². The second kappa shape index (κ2) is 8.95. The number of nitrogen functional groups attached to an aromatic ring is 1. The number of aryl methyl sites for hydroxylation is 1. The molecule has 0 spiro atoms. The van der Waals surface area contributed by atoms with Gasteiger partial charge in [-0.15, -0.1) is 5.10 Å². The molecule has 0 aliphatic heterocycles. The van der Waals surface area contributed by atoms with Gasteiger partial charge in [0, 0.05) is 29.7 Å². The SMILES string of the molecule is Cc1cnc2ccc(-c3c(-c4ccco4)nc(N)nc3-n3nnc4cc(OC5CCCC5)c(C#N)cc43)cn12. The van der Waals surface area contributed by atoms with E-state index in [1.807, 2.05) is 41.9 Å². The highest BCUT2D eigenvalue weighted by Gasteiger charge is 2.25. The molecule has 1 saturated carbocycles. The lowest BCUT2D eigenvalue weighted by atomic mass is 10.0. The number of nitriles is 1. The van der Waals surface area contributed by atoms with Crippen molar-refractivity contribution in [2.24, 2.45) is 0 Å². The summed E-state index contributed by atoms with van der Waals surface area (Å²) in [5, 5.41) is 18.8. The van der Waals surface area contributed by atoms with E-state index >= 15 is 0 Å². The predicted octanol–water partition coefficient (Wildman–Crippen LogP) is 4.87. The van der Waals surface area contributed by atoms with Crippen LogP contribution in [0.5, 0.6) is 5.75 Å². The van der Waals surface area contributed by atoms with Crippen molar-refractivity contribution in [2.45, 2.75) is 38.7 Å². The summed E-state index contributed by atoms with van der Waals surface area (Å²) in [5.74, 6) is 1.49. The summed E-state index contributed by atoms with van der Waals surface area (Å²) < 4.78 is 15.5. The molecule has 0 radical (unpaired) electrons. The van der Waals surface area contributed by atoms with E-state index in [1.54, 1.807) is 29.1 Å². The Balaban J connectivity index is 1.46. The van der Waals surface area contributed by atoms with Crippen LogP contribution in [0.15, 0.2) is 59.5 Å². The Labute approximate surface area is 222 Å². The third-order valence-electron chi connectivity index (χ3n) is 7.10. The maximum atomic E-state index is 9.96. The first-order valence-electron chi connectivity index (χ1n) is 12.7. The van der Waals surface area contributed by atoms with Crippen molar-refractivity contribution in [2.75, 3.05) is 5.73 Å². The number of hydrogen-bond donors (Lipinski definition) is 1. The van der Waals surface area contributed by atoms with Gasteiger partial charge in [0.25, 0.3) is 0 Å². The van der Waals surface area contributed by atoms with Gasteiger partial charge in [0.2, 0.25) is 5.95 Å². The first-order valence-corrected chi connectivity index (χ1v) is 12.7. The van der Waals surface area contributed by atoms with Crippen LogP contribution in [0.2, 0.25) is 0 Å². The van der Waals surface area contributed by atoms with E-state index in [1.165, 1.54) is 0 Å². The summed E-state index contributed by atoms with van der Waals surface area (Å²) in [6.07, 6.45) is 9.69. The normalized spacial score (nSPS) is 13.8. The van der Waals surface area contributed by atoms with Gasteiger partial charge in [0.15, 0.2) is 11.6 Å². The Kier molecular flexibility index (Phi) is 5.26. The van der Waals surface area contributed by atoms with E-state index in [-0.39, 0.29) is 12.1 Å². The minimum Gasteiger partial charge on any atom is -0.489 e. The quantitative estimate of drug-likeness (QED) is 0.338. The summed E-state index contributed by atoms with van der Waals surface area (Å²) in [4.78, 5) is 13.6. The van der Waals surface area contributed by atoms with Crippen LogP contribution >= 0.6 is 0 Å². The number of imidazole rings is 1. The molecular weight excluding hydrogens is 494 g/mol. The van der Waals surface area contributed by atoms with Crippen molar-refractivity contribution < 1.29 is 9.15 Å². The molecule has 39 heavy (non-hydrogen) atoms. The lowest BCUT2D eigenvalue weighted by Crippen LogP contribution is -2.12. The topological polar surface area (TPSA) is 146 Å². The molecule has 5 heterocycles. The van der Waals surface area contributed by atoms with Crippen LogP contribution in [0.3, 0.4) is 0 Å². The number of ether oxygens (including phenoxy) is 1. The summed E-state index contributed by atoms with van der Waals surface area (Å²) in [5.41, 5.74) is 11.5. The zero-order valence-electron chi connectivity index (χ0n) is 21.1. The van der Waals surface area contributed by atoms with Gasteiger partial charge in [0.1, 0.15) is 28.7 Å². The lowest BCUT2D eigenvalue weighted by molar-refractivity contribution is 0.209. The third-order valence-corrected chi connectivity index (χ3v) is 7.10. The maximum absolute atomic E-state index is 9.96. The Bertz CT molecular complexity index is 1890. The van der Waals surface area contributed by atoms with Gasteiger partial charge >= 0.3 is 0 Å². The second-order valence-corrected chi connectivity index (χ2v) is 9.63. The molecule has 6 aromatic rings. The summed E-state index contributed by atoms with van der Waals surface area (Å²) in [7, 11) is 0. The molecule has 1 fully saturated rings. The molecule has 2 N–H and O–H groups in total. The zero-order chi connectivity index (χ0) is 26.5. The van der Waals surface area contributed by atoms with Gasteiger partial charge in [-0.25, -0.2) is 9.97 Å². The smallest absolute Gasteiger partial charge is 0.222 e. The summed E-state index contributed by atoms with van der Waals surface area (Å²) in [6.45, 7) is 1.98. The van der Waals surface area contributed by atoms with Gasteiger partial charge in [0.05, 0.1) is 29.0 Å². The van der Waals surface area contributed by atoms with Crippen LogP contribution in [0.1, 0.15) is 36.9 Å². The molecule has 5 aromatic heterocycles. The molecule has 192 valence electrons. The van der Waals surface area contributed by atoms with Crippen LogP contribution in [-0.4, -0.2) is 40.5 Å². The minimum absolute atomic E-state index is 0.0467. The fourth-order valence-electron chi connectivity index (χ4n) is 5.20. The van der Waals surface area contributed by atoms with Crippen molar-refractivity contribution in [3.8, 4) is 40.2 Å². The van der Waals surface area contributed by atoms with E-state index < -0.39 is 0 Å². The second-order valence-electron chi connectivity index (χ2n) is 9.63. The zero-order valence-corrected chi connectivity index (χ0v) is 21.1. The summed E-state index contributed by atoms with van der Waals surface area (Å²) in [6, 6.07) is 13.2. The van der Waals surface area contributed by atoms with Crippen LogP contribution in [-0.2, 0) is 0 Å². The largest absolute Gasteiger partial charge is 0.489 e. The molecule has 0 saturated heterocycles. The van der Waals surface area contributed by atoms with Gasteiger partial charge in [-0.1, -0.05) is 5.21 Å². The molecule has 1 aliphatic carbocycles. The molecule has 0 atom stereocenters. The van der Waals surface area contributed by atoms with Crippen LogP contribution in [0, 0.1) is 18.3 Å². The van der Waals surface area contributed by atoms with Crippen LogP contribution < -0.4 is 10.5 Å². The number of furan rings is 1. The average molecular weight is 518 g/mol. The molecular formula is C28H23N9O2. The van der Waals surface area contributed by atoms with E-state index in [0.29, 0.717) is 45.2 Å². The number of nitrogens with two attached hydrogens (primary N) is 1. The molecule has 7 rings (SSSR count). The fraction of sp³-hybridized carbons (Fsp3) is 0.214. The van der Waals surface area contributed by atoms with Gasteiger partial charge in [-0.05, 0) is 62.9 Å². The molecule has 0 unspecified atom stereocenters. The summed E-state index contributed by atoms with van der Waals surface area (Å²) >= 11 is 0. The number of anilines is 1. The highest BCUT2D eigenvalue weighted by molar-refractivity contribution is 5.88. The third kappa shape index (κ3) is 3.85. The van der Waals surface area contributed by atoms with E-state index in [0.717, 1.165) is 42.6 Å². The molecule has 0 amide bonds. The van der Waals surface area contributed by atoms with Crippen LogP contribution in [0.4, 0.5) is 5.95 Å². The van der Waals surface area contributed by atoms with E-state index in [9.17, 15) is 5.26 Å². The predicted molar refractivity (Wildman–Crippen MR) is 143 cm³/mol. The minimum atomic E-state index is 0.0467. The molecule has 1 aromatic carbocycles. The molecule has 11 heteroatoms. The number of benzene rings is 1. The monoisotopic (exact) mass is 517 g/mol. The Morgan fingerprint density at radius 1 is 1.15 bits per heavy atom. The number of aromatic nitrogens is 7. The highest BCUT2D eigenvalue weighted by Crippen LogP contribution is 2.37. The lowest BCUT2D eigenvalue weighted by Gasteiger charge is -2.15. The van der Waals surface area contributed by atoms with Crippen LogP contribution in [0.25, 0.3) is 45.1 Å². The Morgan fingerprint density at radius 2 is 2.03 bits per heavy atom. The van der Waals surface area contributed by atoms with Gasteiger partial charge in [-0.3, -0.25) is 0 Å². The molecule has 0 bridgehead atoms. The number of pyridine rings is 1. The number of rotatable bonds is 5. The maximum Gasteiger partial charge on any atom is 0.222 e. The number of fused-ring (bicyclic) bond motifs is 2. The first kappa shape index (κ1) is 22.9. The first-order chi connectivity index (χ1) is 19.1. The Hall–Kier alpha value is -5.24. The Morgan fingerprint density at radius 3 is 2.82 bits per heavy atom. The molecule has 1 aliphatic rings. The average Bonchev–Trinajstić information content (AvgIpc) is 3.76. The standard InChI is InChI=1S/C28H23N9O2/c1-16-14-31-24-9-8-17(15-36(16)24)25-26(22-7-4-10-38-22)32-28(30)33-27(25)37-21-11-18(13-29)23(12-20(21)34-35-37)39-19-5-2-3-6-19/h4,7-12,14-15,19H,2-3,5-6H2,1H3,(H2,30,32,33). The van der Waals surface area contributed by atoms with Crippen molar-refractivity contribution in [3.63, 3.8) is 0 Å². The highest BCUT2D eigenvalue weighted by atomic mass is 16.5. The van der Waals surface area contributed by atoms with Crippen molar-refractivity contribution in [3.05, 3.63) is 66.3 Å². The number of nitrogens with zero attached hydrogens (tertiary/aromatic N) is 8. The van der Waals surface area contributed by atoms with Gasteiger partial charge < -0.3 is 19.3 Å². The molecule has 11 nitrogen and oxygen atoms in total. The van der Waals surface area contributed by atoms with E-state index in [4.69, 9.17) is 14.9 Å².